The Morgan fingerprint density at radius 1 is 1.05 bits per heavy atom. The number of rotatable bonds is 8. The summed E-state index contributed by atoms with van der Waals surface area (Å²) in [4.78, 5) is 24.1. The summed E-state index contributed by atoms with van der Waals surface area (Å²) >= 11 is 3.25. The summed E-state index contributed by atoms with van der Waals surface area (Å²) in [6, 6.07) is 13.2. The molecule has 0 bridgehead atoms. The zero-order chi connectivity index (χ0) is 26.3. The molecule has 0 aliphatic heterocycles. The van der Waals surface area contributed by atoms with Gasteiger partial charge >= 0.3 is 11.9 Å². The van der Waals surface area contributed by atoms with Crippen LogP contribution in [-0.2, 0) is 27.4 Å². The van der Waals surface area contributed by atoms with E-state index in [4.69, 9.17) is 4.74 Å². The normalized spacial score (nSPS) is 11.9. The van der Waals surface area contributed by atoms with Crippen LogP contribution >= 0.6 is 15.9 Å². The van der Waals surface area contributed by atoms with Gasteiger partial charge in [-0.1, -0.05) is 39.3 Å². The van der Waals surface area contributed by atoms with E-state index in [-0.39, 0.29) is 11.1 Å². The van der Waals surface area contributed by atoms with Crippen LogP contribution in [0.1, 0.15) is 11.3 Å². The van der Waals surface area contributed by atoms with Gasteiger partial charge in [0.05, 0.1) is 29.0 Å². The van der Waals surface area contributed by atoms with Gasteiger partial charge in [0.25, 0.3) is 5.60 Å². The summed E-state index contributed by atoms with van der Waals surface area (Å²) in [6.07, 6.45) is -0.730. The SMILES string of the molecule is O=C(O)C(Cc1ccccc1F)(OCc1[nH]nc2cc(-n3nnc4c(F)cc(Br)cc43)ccc12)C(=O)O. The van der Waals surface area contributed by atoms with Gasteiger partial charge in [0.15, 0.2) is 5.82 Å². The maximum atomic E-state index is 14.2. The molecule has 0 unspecified atom stereocenters. The average molecular weight is 572 g/mol. The third kappa shape index (κ3) is 4.32. The monoisotopic (exact) mass is 571 g/mol. The van der Waals surface area contributed by atoms with Crippen LogP contribution in [0.15, 0.2) is 59.1 Å². The van der Waals surface area contributed by atoms with Gasteiger partial charge in [0.1, 0.15) is 11.3 Å². The number of aliphatic carboxylic acids is 2. The number of fused-ring (bicyclic) bond motifs is 2. The van der Waals surface area contributed by atoms with Crippen molar-refractivity contribution >= 4 is 49.8 Å². The highest BCUT2D eigenvalue weighted by Gasteiger charge is 2.49. The molecule has 13 heteroatoms. The molecule has 3 N–H and O–H groups in total. The Labute approximate surface area is 214 Å². The minimum Gasteiger partial charge on any atom is -0.479 e. The Morgan fingerprint density at radius 2 is 1.81 bits per heavy atom. The Kier molecular flexibility index (Phi) is 6.17. The van der Waals surface area contributed by atoms with Crippen molar-refractivity contribution in [2.24, 2.45) is 0 Å². The van der Waals surface area contributed by atoms with E-state index in [9.17, 15) is 28.6 Å². The Hall–Kier alpha value is -4.23. The van der Waals surface area contributed by atoms with Crippen LogP contribution in [0.5, 0.6) is 0 Å². The van der Waals surface area contributed by atoms with Crippen molar-refractivity contribution in [3.63, 3.8) is 0 Å². The lowest BCUT2D eigenvalue weighted by molar-refractivity contribution is -0.185. The molecule has 0 fully saturated rings. The predicted octanol–water partition coefficient (Wildman–Crippen LogP) is 4.00. The Bertz CT molecular complexity index is 1670. The maximum absolute atomic E-state index is 14.2. The van der Waals surface area contributed by atoms with E-state index in [1.54, 1.807) is 24.3 Å². The van der Waals surface area contributed by atoms with Gasteiger partial charge in [-0.05, 0) is 42.0 Å². The van der Waals surface area contributed by atoms with Crippen molar-refractivity contribution in [1.82, 2.24) is 25.2 Å². The second kappa shape index (κ2) is 9.33. The number of hydrogen-bond acceptors (Lipinski definition) is 6. The van der Waals surface area contributed by atoms with E-state index in [0.29, 0.717) is 32.3 Å². The van der Waals surface area contributed by atoms with Crippen molar-refractivity contribution in [3.8, 4) is 5.69 Å². The van der Waals surface area contributed by atoms with Gasteiger partial charge in [0.2, 0.25) is 0 Å². The zero-order valence-corrected chi connectivity index (χ0v) is 20.2. The summed E-state index contributed by atoms with van der Waals surface area (Å²) in [5.41, 5.74) is -1.08. The highest BCUT2D eigenvalue weighted by atomic mass is 79.9. The zero-order valence-electron chi connectivity index (χ0n) is 18.7. The number of aromatic amines is 1. The van der Waals surface area contributed by atoms with Crippen LogP contribution in [0.3, 0.4) is 0 Å². The summed E-state index contributed by atoms with van der Waals surface area (Å²) in [5.74, 6) is -4.83. The molecule has 0 saturated carbocycles. The van der Waals surface area contributed by atoms with Crippen LogP contribution in [0, 0.1) is 11.6 Å². The minimum absolute atomic E-state index is 0.0907. The molecule has 2 aromatic heterocycles. The van der Waals surface area contributed by atoms with Crippen molar-refractivity contribution in [1.29, 1.82) is 0 Å². The number of halogens is 3. The first-order valence-electron chi connectivity index (χ1n) is 10.7. The molecule has 37 heavy (non-hydrogen) atoms. The maximum Gasteiger partial charge on any atom is 0.348 e. The van der Waals surface area contributed by atoms with Crippen molar-refractivity contribution in [2.45, 2.75) is 18.6 Å². The summed E-state index contributed by atoms with van der Waals surface area (Å²) in [6.45, 7) is -0.465. The van der Waals surface area contributed by atoms with Crippen LogP contribution < -0.4 is 0 Å². The Balaban J connectivity index is 1.46. The molecular weight excluding hydrogens is 556 g/mol. The summed E-state index contributed by atoms with van der Waals surface area (Å²) in [7, 11) is 0. The second-order valence-electron chi connectivity index (χ2n) is 8.15. The van der Waals surface area contributed by atoms with Crippen molar-refractivity contribution in [3.05, 3.63) is 82.0 Å². The average Bonchev–Trinajstić information content (AvgIpc) is 3.46. The van der Waals surface area contributed by atoms with Crippen molar-refractivity contribution in [2.75, 3.05) is 0 Å². The number of carbonyl (C=O) groups is 2. The first kappa shape index (κ1) is 24.5. The molecule has 10 nitrogen and oxygen atoms in total. The fourth-order valence-electron chi connectivity index (χ4n) is 3.96. The number of H-pyrrole nitrogens is 1. The highest BCUT2D eigenvalue weighted by Crippen LogP contribution is 2.28. The third-order valence-electron chi connectivity index (χ3n) is 5.88. The molecule has 0 radical (unpaired) electrons. The molecule has 0 aliphatic rings. The summed E-state index contributed by atoms with van der Waals surface area (Å²) in [5, 5.41) is 34.8. The molecule has 0 amide bonds. The molecule has 0 saturated heterocycles. The fourth-order valence-corrected chi connectivity index (χ4v) is 4.38. The molecule has 2 heterocycles. The number of ether oxygens (including phenoxy) is 1. The largest absolute Gasteiger partial charge is 0.479 e. The minimum atomic E-state index is -2.74. The quantitative estimate of drug-likeness (QED) is 0.237. The first-order valence-corrected chi connectivity index (χ1v) is 11.5. The number of carboxylic acid groups (broad SMARTS) is 2. The number of nitrogens with one attached hydrogen (secondary N) is 1. The van der Waals surface area contributed by atoms with Gasteiger partial charge in [-0.2, -0.15) is 5.10 Å². The lowest BCUT2D eigenvalue weighted by atomic mass is 9.94. The van der Waals surface area contributed by atoms with Crippen LogP contribution in [0.25, 0.3) is 27.6 Å². The lowest BCUT2D eigenvalue weighted by Crippen LogP contribution is -2.51. The van der Waals surface area contributed by atoms with E-state index >= 15 is 0 Å². The van der Waals surface area contributed by atoms with Crippen LogP contribution in [0.2, 0.25) is 0 Å². The van der Waals surface area contributed by atoms with E-state index in [1.165, 1.54) is 28.9 Å². The van der Waals surface area contributed by atoms with Gasteiger partial charge in [-0.25, -0.2) is 23.1 Å². The van der Waals surface area contributed by atoms with Crippen molar-refractivity contribution < 1.29 is 33.3 Å². The topological polar surface area (TPSA) is 143 Å². The van der Waals surface area contributed by atoms with Gasteiger partial charge in [-0.3, -0.25) is 5.10 Å². The lowest BCUT2D eigenvalue weighted by Gasteiger charge is -2.25. The second-order valence-corrected chi connectivity index (χ2v) is 9.07. The van der Waals surface area contributed by atoms with Crippen LogP contribution in [-0.4, -0.2) is 52.9 Å². The van der Waals surface area contributed by atoms with E-state index in [2.05, 4.69) is 36.4 Å². The third-order valence-corrected chi connectivity index (χ3v) is 6.34. The fraction of sp³-hybridized carbons (Fsp3) is 0.125. The molecule has 188 valence electrons. The molecule has 3 aromatic carbocycles. The van der Waals surface area contributed by atoms with E-state index in [0.717, 1.165) is 6.07 Å². The molecule has 5 rings (SSSR count). The predicted molar refractivity (Wildman–Crippen MR) is 129 cm³/mol. The number of nitrogens with zero attached hydrogens (tertiary/aromatic N) is 4. The number of hydrogen-bond donors (Lipinski definition) is 3. The number of aromatic nitrogens is 5. The van der Waals surface area contributed by atoms with Gasteiger partial charge < -0.3 is 14.9 Å². The smallest absolute Gasteiger partial charge is 0.348 e. The number of benzene rings is 3. The summed E-state index contributed by atoms with van der Waals surface area (Å²) < 4.78 is 35.8. The molecule has 0 aliphatic carbocycles. The van der Waals surface area contributed by atoms with Gasteiger partial charge in [0, 0.05) is 16.3 Å². The standard InChI is InChI=1S/C24H16BrF2N5O5/c25-13-7-17(27)21-20(8-13)32(31-30-21)14-5-6-15-18(9-14)28-29-19(15)11-37-24(22(33)34,23(35)36)10-12-3-1-2-4-16(12)26/h1-9H,10-11H2,(H,28,29)(H,33,34)(H,35,36). The molecular formula is C24H16BrF2N5O5. The van der Waals surface area contributed by atoms with E-state index < -0.39 is 42.2 Å². The van der Waals surface area contributed by atoms with Crippen LogP contribution in [0.4, 0.5) is 8.78 Å². The van der Waals surface area contributed by atoms with E-state index in [1.807, 2.05) is 0 Å². The number of carboxylic acids is 2. The highest BCUT2D eigenvalue weighted by molar-refractivity contribution is 9.10. The Morgan fingerprint density at radius 3 is 2.54 bits per heavy atom. The first-order chi connectivity index (χ1) is 17.7. The molecule has 0 atom stereocenters. The van der Waals surface area contributed by atoms with Gasteiger partial charge in [-0.15, -0.1) is 5.10 Å². The molecule has 0 spiro atoms. The molecule has 5 aromatic rings.